The highest BCUT2D eigenvalue weighted by molar-refractivity contribution is 5.82. The molecule has 0 bridgehead atoms. The molecule has 0 saturated heterocycles. The Morgan fingerprint density at radius 2 is 2.22 bits per heavy atom. The average molecular weight is 256 g/mol. The predicted molar refractivity (Wildman–Crippen MR) is 61.0 cm³/mol. The first kappa shape index (κ1) is 14.0. The number of rotatable bonds is 6. The fraction of sp³-hybridized carbons (Fsp3) is 0.545. The molecule has 0 fully saturated rings. The molecule has 1 rings (SSSR count). The number of amides is 1. The molecule has 0 saturated carbocycles. The zero-order valence-corrected chi connectivity index (χ0v) is 10.6. The van der Waals surface area contributed by atoms with Gasteiger partial charge in [-0.05, 0) is 19.0 Å². The van der Waals surface area contributed by atoms with Crippen LogP contribution in [-0.4, -0.2) is 48.7 Å². The second-order valence-corrected chi connectivity index (χ2v) is 3.62. The summed E-state index contributed by atoms with van der Waals surface area (Å²) in [5, 5.41) is 3.58. The van der Waals surface area contributed by atoms with Gasteiger partial charge in [0, 0.05) is 13.1 Å². The third-order valence-corrected chi connectivity index (χ3v) is 2.05. The molecule has 7 heteroatoms. The molecule has 0 unspecified atom stereocenters. The van der Waals surface area contributed by atoms with Gasteiger partial charge in [0.25, 0.3) is 11.8 Å². The van der Waals surface area contributed by atoms with Crippen LogP contribution in [0.25, 0.3) is 0 Å². The van der Waals surface area contributed by atoms with Gasteiger partial charge in [-0.3, -0.25) is 9.59 Å². The van der Waals surface area contributed by atoms with Gasteiger partial charge in [0.05, 0.1) is 6.61 Å². The minimum absolute atomic E-state index is 0.103. The zero-order valence-electron chi connectivity index (χ0n) is 10.6. The van der Waals surface area contributed by atoms with Gasteiger partial charge in [0.1, 0.15) is 12.3 Å². The van der Waals surface area contributed by atoms with E-state index in [4.69, 9.17) is 14.0 Å². The van der Waals surface area contributed by atoms with Crippen molar-refractivity contribution in [3.63, 3.8) is 0 Å². The van der Waals surface area contributed by atoms with Gasteiger partial charge in [0.2, 0.25) is 0 Å². The Morgan fingerprint density at radius 3 is 2.78 bits per heavy atom. The maximum atomic E-state index is 11.6. The van der Waals surface area contributed by atoms with Gasteiger partial charge in [0.15, 0.2) is 6.61 Å². The van der Waals surface area contributed by atoms with Crippen molar-refractivity contribution in [3.8, 4) is 5.88 Å². The van der Waals surface area contributed by atoms with Gasteiger partial charge >= 0.3 is 5.97 Å². The Hall–Kier alpha value is -2.05. The SMILES string of the molecule is CCOC(=O)CN(C)C(=O)COc1cc(C)on1. The number of hydrogen-bond acceptors (Lipinski definition) is 6. The number of aryl methyl sites for hydroxylation is 1. The summed E-state index contributed by atoms with van der Waals surface area (Å²) in [5.41, 5.74) is 0. The van der Waals surface area contributed by atoms with Crippen LogP contribution < -0.4 is 4.74 Å². The van der Waals surface area contributed by atoms with E-state index in [0.717, 1.165) is 0 Å². The molecular formula is C11H16N2O5. The average Bonchev–Trinajstić information content (AvgIpc) is 2.72. The van der Waals surface area contributed by atoms with E-state index in [2.05, 4.69) is 5.16 Å². The second-order valence-electron chi connectivity index (χ2n) is 3.62. The van der Waals surface area contributed by atoms with E-state index in [-0.39, 0.29) is 31.5 Å². The van der Waals surface area contributed by atoms with Gasteiger partial charge in [-0.1, -0.05) is 0 Å². The van der Waals surface area contributed by atoms with Crippen molar-refractivity contribution in [2.75, 3.05) is 26.8 Å². The van der Waals surface area contributed by atoms with Gasteiger partial charge < -0.3 is 18.9 Å². The standard InChI is InChI=1S/C11H16N2O5/c1-4-16-11(15)6-13(3)10(14)7-17-9-5-8(2)18-12-9/h5H,4,6-7H2,1-3H3. The number of carbonyl (C=O) groups is 2. The van der Waals surface area contributed by atoms with E-state index in [9.17, 15) is 9.59 Å². The second kappa shape index (κ2) is 6.63. The number of esters is 1. The Balaban J connectivity index is 2.33. The van der Waals surface area contributed by atoms with E-state index >= 15 is 0 Å². The molecule has 7 nitrogen and oxygen atoms in total. The van der Waals surface area contributed by atoms with Crippen molar-refractivity contribution < 1.29 is 23.6 Å². The predicted octanol–water partition coefficient (Wildman–Crippen LogP) is 0.383. The number of ether oxygens (including phenoxy) is 2. The number of carbonyl (C=O) groups excluding carboxylic acids is 2. The number of aromatic nitrogens is 1. The molecule has 0 radical (unpaired) electrons. The maximum absolute atomic E-state index is 11.6. The third kappa shape index (κ3) is 4.44. The molecule has 18 heavy (non-hydrogen) atoms. The molecule has 100 valence electrons. The van der Waals surface area contributed by atoms with E-state index in [1.165, 1.54) is 11.9 Å². The van der Waals surface area contributed by atoms with Crippen LogP contribution >= 0.6 is 0 Å². The summed E-state index contributed by atoms with van der Waals surface area (Å²) >= 11 is 0. The molecule has 1 aromatic rings. The fourth-order valence-electron chi connectivity index (χ4n) is 1.15. The third-order valence-electron chi connectivity index (χ3n) is 2.05. The van der Waals surface area contributed by atoms with Crippen molar-refractivity contribution in [3.05, 3.63) is 11.8 Å². The van der Waals surface area contributed by atoms with Gasteiger partial charge in [-0.15, -0.1) is 0 Å². The van der Waals surface area contributed by atoms with Crippen LogP contribution in [-0.2, 0) is 14.3 Å². The van der Waals surface area contributed by atoms with Crippen LogP contribution in [0.1, 0.15) is 12.7 Å². The van der Waals surface area contributed by atoms with E-state index in [1.54, 1.807) is 19.9 Å². The zero-order chi connectivity index (χ0) is 13.5. The highest BCUT2D eigenvalue weighted by atomic mass is 16.5. The van der Waals surface area contributed by atoms with Crippen molar-refractivity contribution in [2.45, 2.75) is 13.8 Å². The normalized spacial score (nSPS) is 9.94. The Morgan fingerprint density at radius 1 is 1.50 bits per heavy atom. The van der Waals surface area contributed by atoms with Crippen LogP contribution in [0.4, 0.5) is 0 Å². The quantitative estimate of drug-likeness (QED) is 0.684. The number of hydrogen-bond donors (Lipinski definition) is 0. The summed E-state index contributed by atoms with van der Waals surface area (Å²) in [6.45, 7) is 3.40. The summed E-state index contributed by atoms with van der Waals surface area (Å²) in [6.07, 6.45) is 0. The van der Waals surface area contributed by atoms with Crippen LogP contribution in [0.5, 0.6) is 5.88 Å². The maximum Gasteiger partial charge on any atom is 0.325 e. The van der Waals surface area contributed by atoms with Crippen molar-refractivity contribution in [1.29, 1.82) is 0 Å². The molecule has 0 atom stereocenters. The minimum Gasteiger partial charge on any atom is -0.465 e. The lowest BCUT2D eigenvalue weighted by atomic mass is 10.5. The summed E-state index contributed by atoms with van der Waals surface area (Å²) in [6, 6.07) is 1.57. The van der Waals surface area contributed by atoms with Crippen LogP contribution in [0.15, 0.2) is 10.6 Å². The molecule has 1 aromatic heterocycles. The number of likely N-dealkylation sites (N-methyl/N-ethyl adjacent to an activating group) is 1. The lowest BCUT2D eigenvalue weighted by molar-refractivity contribution is -0.148. The van der Waals surface area contributed by atoms with E-state index in [1.807, 2.05) is 0 Å². The smallest absolute Gasteiger partial charge is 0.325 e. The van der Waals surface area contributed by atoms with Gasteiger partial charge in [-0.25, -0.2) is 0 Å². The van der Waals surface area contributed by atoms with Crippen molar-refractivity contribution in [2.24, 2.45) is 0 Å². The van der Waals surface area contributed by atoms with Gasteiger partial charge in [-0.2, -0.15) is 0 Å². The van der Waals surface area contributed by atoms with Crippen LogP contribution in [0, 0.1) is 6.92 Å². The molecule has 1 heterocycles. The molecular weight excluding hydrogens is 240 g/mol. The Bertz CT molecular complexity index is 415. The lowest BCUT2D eigenvalue weighted by Crippen LogP contribution is -2.36. The first-order valence-electron chi connectivity index (χ1n) is 5.48. The summed E-state index contributed by atoms with van der Waals surface area (Å²) in [5.74, 6) is 0.0389. The lowest BCUT2D eigenvalue weighted by Gasteiger charge is -2.15. The monoisotopic (exact) mass is 256 g/mol. The van der Waals surface area contributed by atoms with Crippen LogP contribution in [0.2, 0.25) is 0 Å². The highest BCUT2D eigenvalue weighted by Crippen LogP contribution is 2.09. The van der Waals surface area contributed by atoms with E-state index in [0.29, 0.717) is 5.76 Å². The minimum atomic E-state index is -0.453. The van der Waals surface area contributed by atoms with Crippen molar-refractivity contribution in [1.82, 2.24) is 10.1 Å². The Kier molecular flexibility index (Phi) is 5.16. The molecule has 0 aliphatic carbocycles. The molecule has 0 N–H and O–H groups in total. The fourth-order valence-corrected chi connectivity index (χ4v) is 1.15. The topological polar surface area (TPSA) is 81.9 Å². The largest absolute Gasteiger partial charge is 0.465 e. The molecule has 0 spiro atoms. The first-order chi connectivity index (χ1) is 8.52. The summed E-state index contributed by atoms with van der Waals surface area (Å²) in [7, 11) is 1.50. The first-order valence-corrected chi connectivity index (χ1v) is 5.48. The molecule has 0 aromatic carbocycles. The van der Waals surface area contributed by atoms with Crippen molar-refractivity contribution >= 4 is 11.9 Å². The molecule has 0 aliphatic rings. The van der Waals surface area contributed by atoms with Crippen LogP contribution in [0.3, 0.4) is 0 Å². The molecule has 0 aliphatic heterocycles. The Labute approximate surface area is 105 Å². The highest BCUT2D eigenvalue weighted by Gasteiger charge is 2.14. The summed E-state index contributed by atoms with van der Waals surface area (Å²) in [4.78, 5) is 24.0. The summed E-state index contributed by atoms with van der Waals surface area (Å²) < 4.78 is 14.6. The molecule has 1 amide bonds. The number of nitrogens with zero attached hydrogens (tertiary/aromatic N) is 2. The van der Waals surface area contributed by atoms with E-state index < -0.39 is 5.97 Å².